The number of hydrogen-bond donors (Lipinski definition) is 1. The number of amides is 1. The van der Waals surface area contributed by atoms with Gasteiger partial charge < -0.3 is 10.1 Å². The molecule has 0 aliphatic rings. The highest BCUT2D eigenvalue weighted by Gasteiger charge is 2.21. The lowest BCUT2D eigenvalue weighted by atomic mass is 10.1. The van der Waals surface area contributed by atoms with Crippen LogP contribution in [0.2, 0.25) is 0 Å². The molecule has 2 rings (SSSR count). The summed E-state index contributed by atoms with van der Waals surface area (Å²) < 4.78 is 57.2. The van der Waals surface area contributed by atoms with E-state index in [1.165, 1.54) is 19.1 Å². The Hall–Kier alpha value is -3.23. The Balaban J connectivity index is 1.86. The summed E-state index contributed by atoms with van der Waals surface area (Å²) in [4.78, 5) is 35.6. The smallest absolute Gasteiger partial charge is 0.307 e. The summed E-state index contributed by atoms with van der Waals surface area (Å²) in [6, 6.07) is 6.21. The van der Waals surface area contributed by atoms with Gasteiger partial charge in [0.15, 0.2) is 29.3 Å². The van der Waals surface area contributed by atoms with E-state index in [0.29, 0.717) is 6.07 Å². The molecule has 0 spiro atoms. The number of esters is 1. The fourth-order valence-electron chi connectivity index (χ4n) is 2.16. The average Bonchev–Trinajstić information content (AvgIpc) is 2.67. The van der Waals surface area contributed by atoms with Crippen LogP contribution >= 0.6 is 0 Å². The Morgan fingerprint density at radius 1 is 0.929 bits per heavy atom. The molecule has 0 saturated heterocycles. The fourth-order valence-corrected chi connectivity index (χ4v) is 2.16. The lowest BCUT2D eigenvalue weighted by molar-refractivity contribution is -0.153. The van der Waals surface area contributed by atoms with Crippen LogP contribution in [-0.4, -0.2) is 23.8 Å². The average molecular weight is 397 g/mol. The lowest BCUT2D eigenvalue weighted by Crippen LogP contribution is -2.30. The van der Waals surface area contributed by atoms with Crippen molar-refractivity contribution >= 4 is 23.3 Å². The first-order valence-corrected chi connectivity index (χ1v) is 8.11. The molecule has 2 aromatic rings. The van der Waals surface area contributed by atoms with Gasteiger partial charge in [0, 0.05) is 12.0 Å². The molecule has 28 heavy (non-hydrogen) atoms. The zero-order valence-corrected chi connectivity index (χ0v) is 14.6. The van der Waals surface area contributed by atoms with Crippen molar-refractivity contribution in [2.24, 2.45) is 0 Å². The number of rotatable bonds is 7. The van der Waals surface area contributed by atoms with E-state index in [0.717, 1.165) is 18.2 Å². The van der Waals surface area contributed by atoms with Crippen LogP contribution in [0, 0.1) is 23.3 Å². The monoisotopic (exact) mass is 397 g/mol. The third kappa shape index (κ3) is 5.38. The van der Waals surface area contributed by atoms with Gasteiger partial charge in [0.1, 0.15) is 5.82 Å². The van der Waals surface area contributed by atoms with E-state index in [1.54, 1.807) is 0 Å². The van der Waals surface area contributed by atoms with Gasteiger partial charge in [0.05, 0.1) is 12.1 Å². The summed E-state index contributed by atoms with van der Waals surface area (Å²) >= 11 is 0. The van der Waals surface area contributed by atoms with Crippen molar-refractivity contribution in [1.29, 1.82) is 0 Å². The molecule has 5 nitrogen and oxygen atoms in total. The number of Topliss-reactive ketones (excluding diaryl/α,β-unsaturated/α-hetero) is 1. The summed E-state index contributed by atoms with van der Waals surface area (Å²) in [5.74, 6) is -7.52. The van der Waals surface area contributed by atoms with Crippen molar-refractivity contribution in [3.8, 4) is 0 Å². The topological polar surface area (TPSA) is 72.5 Å². The minimum absolute atomic E-state index is 0.216. The van der Waals surface area contributed by atoms with E-state index < -0.39 is 52.7 Å². The molecule has 0 saturated carbocycles. The lowest BCUT2D eigenvalue weighted by Gasteiger charge is -2.14. The number of ketones is 1. The molecule has 0 radical (unpaired) electrons. The van der Waals surface area contributed by atoms with Crippen molar-refractivity contribution in [1.82, 2.24) is 0 Å². The number of hydrogen-bond acceptors (Lipinski definition) is 4. The summed E-state index contributed by atoms with van der Waals surface area (Å²) in [6.07, 6.45) is -1.94. The number of carbonyl (C=O) groups excluding carboxylic acids is 3. The van der Waals surface area contributed by atoms with E-state index in [-0.39, 0.29) is 18.4 Å². The highest BCUT2D eigenvalue weighted by atomic mass is 19.2. The molecule has 0 bridgehead atoms. The molecule has 1 N–H and O–H groups in total. The fraction of sp³-hybridized carbons (Fsp3) is 0.211. The molecule has 148 valence electrons. The Bertz CT molecular complexity index is 900. The third-order valence-electron chi connectivity index (χ3n) is 3.69. The summed E-state index contributed by atoms with van der Waals surface area (Å²) in [5, 5.41) is 1.98. The van der Waals surface area contributed by atoms with Gasteiger partial charge in [-0.25, -0.2) is 17.6 Å². The minimum Gasteiger partial charge on any atom is -0.453 e. The second-order valence-corrected chi connectivity index (χ2v) is 5.77. The van der Waals surface area contributed by atoms with Gasteiger partial charge in [-0.05, 0) is 43.3 Å². The minimum atomic E-state index is -1.75. The van der Waals surface area contributed by atoms with E-state index in [2.05, 4.69) is 0 Å². The first-order chi connectivity index (χ1) is 13.2. The molecule has 0 fully saturated rings. The highest BCUT2D eigenvalue weighted by molar-refractivity contribution is 5.98. The Morgan fingerprint density at radius 3 is 2.21 bits per heavy atom. The van der Waals surface area contributed by atoms with E-state index in [4.69, 9.17) is 4.74 Å². The predicted octanol–water partition coefficient (Wildman–Crippen LogP) is 3.78. The Labute approximate surface area is 157 Å². The van der Waals surface area contributed by atoms with Crippen LogP contribution in [0.3, 0.4) is 0 Å². The molecule has 1 unspecified atom stereocenters. The standard InChI is InChI=1S/C19H15F4NO4/c1-10(19(27)24-14-7-6-13(21)17(22)18(14)23)28-16(26)9-8-15(25)11-2-4-12(20)5-3-11/h2-7,10H,8-9H2,1H3,(H,24,27). The maximum Gasteiger partial charge on any atom is 0.307 e. The SMILES string of the molecule is CC(OC(=O)CCC(=O)c1ccc(F)cc1)C(=O)Nc1ccc(F)c(F)c1F. The first kappa shape index (κ1) is 21.1. The zero-order valence-electron chi connectivity index (χ0n) is 14.6. The number of ether oxygens (including phenoxy) is 1. The first-order valence-electron chi connectivity index (χ1n) is 8.11. The highest BCUT2D eigenvalue weighted by Crippen LogP contribution is 2.20. The Kier molecular flexibility index (Phi) is 6.86. The number of anilines is 1. The summed E-state index contributed by atoms with van der Waals surface area (Å²) in [7, 11) is 0. The maximum atomic E-state index is 13.5. The molecule has 2 aromatic carbocycles. The zero-order chi connectivity index (χ0) is 20.8. The van der Waals surface area contributed by atoms with Crippen LogP contribution < -0.4 is 5.32 Å². The van der Waals surface area contributed by atoms with Crippen molar-refractivity contribution in [2.75, 3.05) is 5.32 Å². The third-order valence-corrected chi connectivity index (χ3v) is 3.69. The van der Waals surface area contributed by atoms with E-state index >= 15 is 0 Å². The van der Waals surface area contributed by atoms with Crippen LogP contribution in [0.5, 0.6) is 0 Å². The Morgan fingerprint density at radius 2 is 1.57 bits per heavy atom. The van der Waals surface area contributed by atoms with Gasteiger partial charge in [-0.1, -0.05) is 0 Å². The molecule has 0 aromatic heterocycles. The molecule has 9 heteroatoms. The number of benzene rings is 2. The van der Waals surface area contributed by atoms with Crippen LogP contribution in [0.15, 0.2) is 36.4 Å². The molecular formula is C19H15F4NO4. The van der Waals surface area contributed by atoms with Crippen LogP contribution in [0.4, 0.5) is 23.2 Å². The van der Waals surface area contributed by atoms with Gasteiger partial charge in [0.2, 0.25) is 0 Å². The molecular weight excluding hydrogens is 382 g/mol. The number of carbonyl (C=O) groups is 3. The largest absolute Gasteiger partial charge is 0.453 e. The van der Waals surface area contributed by atoms with Gasteiger partial charge in [-0.15, -0.1) is 0 Å². The molecule has 1 amide bonds. The van der Waals surface area contributed by atoms with Crippen molar-refractivity contribution in [3.63, 3.8) is 0 Å². The van der Waals surface area contributed by atoms with Crippen molar-refractivity contribution in [3.05, 3.63) is 65.2 Å². The van der Waals surface area contributed by atoms with Gasteiger partial charge in [-0.2, -0.15) is 0 Å². The summed E-state index contributed by atoms with van der Waals surface area (Å²) in [6.45, 7) is 1.19. The molecule has 0 aliphatic carbocycles. The molecule has 0 heterocycles. The van der Waals surface area contributed by atoms with Gasteiger partial charge in [-0.3, -0.25) is 14.4 Å². The predicted molar refractivity (Wildman–Crippen MR) is 90.5 cm³/mol. The maximum absolute atomic E-state index is 13.5. The molecule has 0 aliphatic heterocycles. The van der Waals surface area contributed by atoms with Gasteiger partial charge >= 0.3 is 5.97 Å². The van der Waals surface area contributed by atoms with Crippen molar-refractivity contribution in [2.45, 2.75) is 25.9 Å². The van der Waals surface area contributed by atoms with Gasteiger partial charge in [0.25, 0.3) is 5.91 Å². The second kappa shape index (κ2) is 9.12. The van der Waals surface area contributed by atoms with Crippen LogP contribution in [0.1, 0.15) is 30.1 Å². The number of halogens is 4. The number of nitrogens with one attached hydrogen (secondary N) is 1. The van der Waals surface area contributed by atoms with Crippen LogP contribution in [0.25, 0.3) is 0 Å². The van der Waals surface area contributed by atoms with E-state index in [1.807, 2.05) is 5.32 Å². The quantitative estimate of drug-likeness (QED) is 0.334. The summed E-state index contributed by atoms with van der Waals surface area (Å²) in [5.41, 5.74) is -0.396. The normalized spacial score (nSPS) is 11.6. The van der Waals surface area contributed by atoms with Crippen LogP contribution in [-0.2, 0) is 14.3 Å². The van der Waals surface area contributed by atoms with E-state index in [9.17, 15) is 31.9 Å². The molecule has 1 atom stereocenters. The second-order valence-electron chi connectivity index (χ2n) is 5.77. The van der Waals surface area contributed by atoms with Crippen molar-refractivity contribution < 1.29 is 36.7 Å².